The molecule has 0 saturated heterocycles. The van der Waals surface area contributed by atoms with Crippen LogP contribution < -0.4 is 0 Å². The number of amides is 1. The number of aryl methyl sites for hydroxylation is 2. The van der Waals surface area contributed by atoms with Gasteiger partial charge in [-0.15, -0.1) is 0 Å². The summed E-state index contributed by atoms with van der Waals surface area (Å²) in [5.41, 5.74) is 4.60. The lowest BCUT2D eigenvalue weighted by Crippen LogP contribution is -2.33. The molecule has 0 unspecified atom stereocenters. The van der Waals surface area contributed by atoms with Crippen molar-refractivity contribution in [3.05, 3.63) is 75.9 Å². The van der Waals surface area contributed by atoms with Crippen molar-refractivity contribution in [3.63, 3.8) is 0 Å². The topological polar surface area (TPSA) is 42.4 Å². The van der Waals surface area contributed by atoms with Crippen molar-refractivity contribution in [2.24, 2.45) is 0 Å². The fourth-order valence-electron chi connectivity index (χ4n) is 2.97. The Morgan fingerprint density at radius 3 is 2.48 bits per heavy atom. The van der Waals surface area contributed by atoms with E-state index in [1.165, 1.54) is 0 Å². The summed E-state index contributed by atoms with van der Waals surface area (Å²) in [5.74, 6) is -0.0487. The van der Waals surface area contributed by atoms with E-state index in [0.29, 0.717) is 30.4 Å². The van der Waals surface area contributed by atoms with Crippen molar-refractivity contribution in [1.82, 2.24) is 9.88 Å². The van der Waals surface area contributed by atoms with E-state index in [9.17, 15) is 4.79 Å². The Bertz CT molecular complexity index is 954. The Morgan fingerprint density at radius 2 is 1.78 bits per heavy atom. The number of rotatable bonds is 6. The highest BCUT2D eigenvalue weighted by Crippen LogP contribution is 2.23. The SMILES string of the molecule is COCCN(Cc1cc2cc(C)ccc2nc1Cl)C(=O)c1ccc(C)cc1. The molecule has 0 aliphatic heterocycles. The first kappa shape index (κ1) is 19.3. The monoisotopic (exact) mass is 382 g/mol. The van der Waals surface area contributed by atoms with Gasteiger partial charge in [-0.1, -0.05) is 40.9 Å². The van der Waals surface area contributed by atoms with Gasteiger partial charge in [-0.05, 0) is 44.2 Å². The molecule has 0 bridgehead atoms. The second-order valence-corrected chi connectivity index (χ2v) is 7.08. The first-order valence-electron chi connectivity index (χ1n) is 8.88. The van der Waals surface area contributed by atoms with Crippen molar-refractivity contribution in [2.45, 2.75) is 20.4 Å². The number of pyridine rings is 1. The van der Waals surface area contributed by atoms with Crippen LogP contribution in [0.5, 0.6) is 0 Å². The molecule has 1 heterocycles. The van der Waals surface area contributed by atoms with Crippen molar-refractivity contribution < 1.29 is 9.53 Å². The number of hydrogen-bond acceptors (Lipinski definition) is 3. The van der Waals surface area contributed by atoms with Crippen LogP contribution in [0.15, 0.2) is 48.5 Å². The average molecular weight is 383 g/mol. The normalized spacial score (nSPS) is 11.0. The summed E-state index contributed by atoms with van der Waals surface area (Å²) in [6, 6.07) is 15.6. The molecule has 1 aromatic heterocycles. The average Bonchev–Trinajstić information content (AvgIpc) is 2.66. The molecule has 0 aliphatic rings. The Labute approximate surface area is 164 Å². The minimum Gasteiger partial charge on any atom is -0.383 e. The highest BCUT2D eigenvalue weighted by atomic mass is 35.5. The van der Waals surface area contributed by atoms with E-state index < -0.39 is 0 Å². The predicted molar refractivity (Wildman–Crippen MR) is 109 cm³/mol. The molecule has 0 radical (unpaired) electrons. The van der Waals surface area contributed by atoms with Crippen LogP contribution in [0.1, 0.15) is 27.0 Å². The predicted octanol–water partition coefficient (Wildman–Crippen LogP) is 4.79. The summed E-state index contributed by atoms with van der Waals surface area (Å²) in [7, 11) is 1.63. The zero-order valence-corrected chi connectivity index (χ0v) is 16.6. The molecule has 0 aliphatic carbocycles. The lowest BCUT2D eigenvalue weighted by atomic mass is 10.1. The third kappa shape index (κ3) is 4.65. The Hall–Kier alpha value is -2.43. The van der Waals surface area contributed by atoms with Crippen molar-refractivity contribution in [2.75, 3.05) is 20.3 Å². The smallest absolute Gasteiger partial charge is 0.254 e. The highest BCUT2D eigenvalue weighted by molar-refractivity contribution is 6.30. The quantitative estimate of drug-likeness (QED) is 0.575. The number of hydrogen-bond donors (Lipinski definition) is 0. The van der Waals surface area contributed by atoms with E-state index in [0.717, 1.165) is 27.6 Å². The molecule has 140 valence electrons. The molecule has 3 aromatic rings. The molecule has 1 amide bonds. The minimum atomic E-state index is -0.0487. The van der Waals surface area contributed by atoms with Crippen molar-refractivity contribution in [1.29, 1.82) is 0 Å². The van der Waals surface area contributed by atoms with Crippen LogP contribution in [0.25, 0.3) is 10.9 Å². The fraction of sp³-hybridized carbons (Fsp3) is 0.273. The number of fused-ring (bicyclic) bond motifs is 1. The number of aromatic nitrogens is 1. The molecule has 3 rings (SSSR count). The number of ether oxygens (including phenoxy) is 1. The molecule has 0 spiro atoms. The number of methoxy groups -OCH3 is 1. The molecule has 0 fully saturated rings. The van der Waals surface area contributed by atoms with E-state index in [4.69, 9.17) is 16.3 Å². The van der Waals surface area contributed by atoms with E-state index in [2.05, 4.69) is 11.1 Å². The third-order valence-corrected chi connectivity index (χ3v) is 4.84. The first-order valence-corrected chi connectivity index (χ1v) is 9.26. The summed E-state index contributed by atoms with van der Waals surface area (Å²) in [4.78, 5) is 19.2. The van der Waals surface area contributed by atoms with E-state index in [1.54, 1.807) is 12.0 Å². The van der Waals surface area contributed by atoms with Gasteiger partial charge in [-0.3, -0.25) is 4.79 Å². The second kappa shape index (κ2) is 8.51. The maximum Gasteiger partial charge on any atom is 0.254 e. The maximum absolute atomic E-state index is 13.0. The molecule has 4 nitrogen and oxygen atoms in total. The van der Waals surface area contributed by atoms with Crippen LogP contribution in [-0.4, -0.2) is 36.1 Å². The Morgan fingerprint density at radius 1 is 1.07 bits per heavy atom. The molecule has 27 heavy (non-hydrogen) atoms. The van der Waals surface area contributed by atoms with Gasteiger partial charge in [0.25, 0.3) is 5.91 Å². The van der Waals surface area contributed by atoms with Crippen molar-refractivity contribution >= 4 is 28.4 Å². The first-order chi connectivity index (χ1) is 13.0. The van der Waals surface area contributed by atoms with Gasteiger partial charge in [0, 0.05) is 36.7 Å². The van der Waals surface area contributed by atoms with Gasteiger partial charge in [0.2, 0.25) is 0 Å². The van der Waals surface area contributed by atoms with Crippen molar-refractivity contribution in [3.8, 4) is 0 Å². The van der Waals surface area contributed by atoms with Crippen LogP contribution >= 0.6 is 11.6 Å². The summed E-state index contributed by atoms with van der Waals surface area (Å²) < 4.78 is 5.19. The van der Waals surface area contributed by atoms with Crippen LogP contribution in [0.2, 0.25) is 5.15 Å². The van der Waals surface area contributed by atoms with Gasteiger partial charge in [-0.2, -0.15) is 0 Å². The largest absolute Gasteiger partial charge is 0.383 e. The zero-order chi connectivity index (χ0) is 19.4. The minimum absolute atomic E-state index is 0.0487. The summed E-state index contributed by atoms with van der Waals surface area (Å²) in [6.07, 6.45) is 0. The maximum atomic E-state index is 13.0. The molecule has 2 aromatic carbocycles. The molecular formula is C22H23ClN2O2. The van der Waals surface area contributed by atoms with E-state index in [1.807, 2.05) is 56.3 Å². The summed E-state index contributed by atoms with van der Waals surface area (Å²) in [6.45, 7) is 5.35. The lowest BCUT2D eigenvalue weighted by molar-refractivity contribution is 0.0680. The van der Waals surface area contributed by atoms with Gasteiger partial charge in [0.05, 0.1) is 12.1 Å². The van der Waals surface area contributed by atoms with Gasteiger partial charge in [0.15, 0.2) is 0 Å². The van der Waals surface area contributed by atoms with Gasteiger partial charge in [-0.25, -0.2) is 4.98 Å². The second-order valence-electron chi connectivity index (χ2n) is 6.72. The zero-order valence-electron chi connectivity index (χ0n) is 15.8. The number of halogens is 1. The van der Waals surface area contributed by atoms with Crippen LogP contribution in [0, 0.1) is 13.8 Å². The Kier molecular flexibility index (Phi) is 6.09. The number of benzene rings is 2. The number of nitrogens with zero attached hydrogens (tertiary/aromatic N) is 2. The molecule has 0 saturated carbocycles. The lowest BCUT2D eigenvalue weighted by Gasteiger charge is -2.23. The molecule has 0 atom stereocenters. The van der Waals surface area contributed by atoms with Gasteiger partial charge in [0.1, 0.15) is 5.15 Å². The highest BCUT2D eigenvalue weighted by Gasteiger charge is 2.18. The van der Waals surface area contributed by atoms with Crippen LogP contribution in [0.3, 0.4) is 0 Å². The van der Waals surface area contributed by atoms with Gasteiger partial charge < -0.3 is 9.64 Å². The Balaban J connectivity index is 1.91. The molecule has 5 heteroatoms. The van der Waals surface area contributed by atoms with Crippen LogP contribution in [0.4, 0.5) is 0 Å². The van der Waals surface area contributed by atoms with E-state index >= 15 is 0 Å². The van der Waals surface area contributed by atoms with E-state index in [-0.39, 0.29) is 5.91 Å². The third-order valence-electron chi connectivity index (χ3n) is 4.51. The molecule has 0 N–H and O–H groups in total. The van der Waals surface area contributed by atoms with Crippen LogP contribution in [-0.2, 0) is 11.3 Å². The number of carbonyl (C=O) groups excluding carboxylic acids is 1. The molecular weight excluding hydrogens is 360 g/mol. The standard InChI is InChI=1S/C22H23ClN2O2/c1-15-4-7-17(8-5-15)22(26)25(10-11-27-3)14-19-13-18-12-16(2)6-9-20(18)24-21(19)23/h4-9,12-13H,10-11,14H2,1-3H3. The van der Waals surface area contributed by atoms with Gasteiger partial charge >= 0.3 is 0 Å². The number of carbonyl (C=O) groups is 1. The summed E-state index contributed by atoms with van der Waals surface area (Å²) in [5, 5.41) is 1.44. The summed E-state index contributed by atoms with van der Waals surface area (Å²) >= 11 is 6.41. The fourth-order valence-corrected chi connectivity index (χ4v) is 3.17.